The van der Waals surface area contributed by atoms with Crippen LogP contribution in [0.5, 0.6) is 0 Å². The molecule has 1 amide bonds. The third-order valence-corrected chi connectivity index (χ3v) is 10.7. The third kappa shape index (κ3) is 10.3. The zero-order chi connectivity index (χ0) is 43.6. The minimum absolute atomic E-state index is 0.718. The summed E-state index contributed by atoms with van der Waals surface area (Å²) < 4.78 is 50.0. The Kier molecular flexibility index (Phi) is 17.1. The molecule has 0 aromatic rings. The maximum absolute atomic E-state index is 11.8. The van der Waals surface area contributed by atoms with E-state index in [1.807, 2.05) is 0 Å². The monoisotopic (exact) mass is 869 g/mol. The van der Waals surface area contributed by atoms with Gasteiger partial charge < -0.3 is 130 Å². The van der Waals surface area contributed by atoms with Crippen molar-refractivity contribution in [3.63, 3.8) is 0 Å². The second-order valence-electron chi connectivity index (χ2n) is 14.7. The van der Waals surface area contributed by atoms with Crippen molar-refractivity contribution in [2.24, 2.45) is 0 Å². The van der Waals surface area contributed by atoms with Gasteiger partial charge in [0.1, 0.15) is 122 Å². The molecule has 59 heavy (non-hydrogen) atoms. The van der Waals surface area contributed by atoms with Crippen LogP contribution in [0.4, 0.5) is 0 Å². The van der Waals surface area contributed by atoms with Crippen molar-refractivity contribution in [3.8, 4) is 0 Å². The molecule has 0 bridgehead atoms. The fourth-order valence-corrected chi connectivity index (χ4v) is 7.32. The zero-order valence-corrected chi connectivity index (χ0v) is 31.2. The summed E-state index contributed by atoms with van der Waals surface area (Å²) in [6, 6.07) is -1.55. The third-order valence-electron chi connectivity index (χ3n) is 10.7. The van der Waals surface area contributed by atoms with E-state index >= 15 is 0 Å². The quantitative estimate of drug-likeness (QED) is 0.0770. The SMILES string of the molecule is CC(=O)N[C@@H]1[C@@H](O)[C@H](O[C@@H]2O[C@H](CO[C@H]3O[C@H](CO)[C@@H](O)[C@H](O[C@H]4O[C@H](CO)[C@@H](O)[C@H](O)[C@@H]4O)[C@@H]3O)[C@@H](O)[C@H](O[C@H]3O[C@H](CO)[C@@H](O)[C@H](O)[C@@H]3O)[C@@H]2O)[C@@H](CO)O[C@@H]1O. The number of aliphatic hydroxyl groups is 16. The minimum Gasteiger partial charge on any atom is -0.394 e. The first-order chi connectivity index (χ1) is 27.9. The van der Waals surface area contributed by atoms with Gasteiger partial charge >= 0.3 is 0 Å². The average Bonchev–Trinajstić information content (AvgIpc) is 3.21. The Morgan fingerprint density at radius 2 is 0.831 bits per heavy atom. The van der Waals surface area contributed by atoms with Gasteiger partial charge in [0.2, 0.25) is 5.91 Å². The maximum Gasteiger partial charge on any atom is 0.217 e. The van der Waals surface area contributed by atoms with Crippen molar-refractivity contribution >= 4 is 5.91 Å². The van der Waals surface area contributed by atoms with Gasteiger partial charge in [-0.05, 0) is 0 Å². The molecule has 344 valence electrons. The Morgan fingerprint density at radius 3 is 1.31 bits per heavy atom. The van der Waals surface area contributed by atoms with Crippen molar-refractivity contribution < 1.29 is 129 Å². The predicted molar refractivity (Wildman–Crippen MR) is 178 cm³/mol. The summed E-state index contributed by atoms with van der Waals surface area (Å²) in [4.78, 5) is 11.8. The molecule has 25 atom stereocenters. The second-order valence-corrected chi connectivity index (χ2v) is 14.7. The fraction of sp³-hybridized carbons (Fsp3) is 0.969. The lowest BCUT2D eigenvalue weighted by Gasteiger charge is -2.49. The van der Waals surface area contributed by atoms with Gasteiger partial charge in [-0.2, -0.15) is 0 Å². The van der Waals surface area contributed by atoms with Crippen molar-refractivity contribution in [3.05, 3.63) is 0 Å². The van der Waals surface area contributed by atoms with Gasteiger partial charge in [0.25, 0.3) is 0 Å². The molecule has 27 heteroatoms. The molecule has 5 aliphatic rings. The van der Waals surface area contributed by atoms with Gasteiger partial charge in [-0.3, -0.25) is 4.79 Å². The lowest BCUT2D eigenvalue weighted by atomic mass is 9.95. The number of amides is 1. The summed E-state index contributed by atoms with van der Waals surface area (Å²) in [5, 5.41) is 170. The standard InChI is InChI=1S/C32H55NO26/c1-7(38)33-13-18(43)25(11(5-37)52-28(13)50)57-32-24(49)27(59-31-22(47)20(45)15(40)9(3-35)55-31)17(42)12(56-32)6-51-29-23(48)26(16(41)10(4-36)53-29)58-30-21(46)19(44)14(39)8(2-34)54-30/h8-32,34-37,39-50H,2-6H2,1H3,(H,33,38)/t8-,9-,10-,11-,12-,13-,14-,15-,16-,17-,18-,19+,20+,21+,22+,23+,24+,25-,26+,27+,28+,29+,30-,31-,32+/m1/s1. The van der Waals surface area contributed by atoms with Gasteiger partial charge in [-0.15, -0.1) is 0 Å². The van der Waals surface area contributed by atoms with E-state index in [9.17, 15) is 86.5 Å². The number of aliphatic hydroxyl groups excluding tert-OH is 16. The number of carbonyl (C=O) groups excluding carboxylic acids is 1. The second kappa shape index (κ2) is 20.8. The van der Waals surface area contributed by atoms with E-state index in [4.69, 9.17) is 42.6 Å². The molecule has 5 heterocycles. The Bertz CT molecular complexity index is 1320. The van der Waals surface area contributed by atoms with E-state index < -0.39 is 192 Å². The molecule has 0 unspecified atom stereocenters. The highest BCUT2D eigenvalue weighted by Gasteiger charge is 2.55. The van der Waals surface area contributed by atoms with Crippen molar-refractivity contribution in [1.29, 1.82) is 0 Å². The summed E-state index contributed by atoms with van der Waals surface area (Å²) in [6.45, 7) is -3.38. The van der Waals surface area contributed by atoms with Crippen LogP contribution in [0.3, 0.4) is 0 Å². The van der Waals surface area contributed by atoms with Crippen LogP contribution in [0.15, 0.2) is 0 Å². The summed E-state index contributed by atoms with van der Waals surface area (Å²) in [5.41, 5.74) is 0. The Morgan fingerprint density at radius 1 is 0.441 bits per heavy atom. The Hall–Kier alpha value is -1.53. The lowest BCUT2D eigenvalue weighted by molar-refractivity contribution is -0.383. The van der Waals surface area contributed by atoms with E-state index in [1.165, 1.54) is 0 Å². The van der Waals surface area contributed by atoms with Gasteiger partial charge in [-0.25, -0.2) is 0 Å². The van der Waals surface area contributed by atoms with E-state index in [0.717, 1.165) is 6.92 Å². The topological polar surface area (TPSA) is 436 Å². The van der Waals surface area contributed by atoms with Crippen LogP contribution in [-0.2, 0) is 47.4 Å². The minimum atomic E-state index is -2.15. The number of ether oxygens (including phenoxy) is 9. The van der Waals surface area contributed by atoms with Crippen molar-refractivity contribution in [2.75, 3.05) is 33.0 Å². The highest BCUT2D eigenvalue weighted by molar-refractivity contribution is 5.73. The predicted octanol–water partition coefficient (Wildman–Crippen LogP) is -11.8. The number of hydrogen-bond donors (Lipinski definition) is 17. The first kappa shape index (κ1) is 48.5. The number of carbonyl (C=O) groups is 1. The molecule has 0 radical (unpaired) electrons. The van der Waals surface area contributed by atoms with E-state index in [-0.39, 0.29) is 0 Å². The summed E-state index contributed by atoms with van der Waals surface area (Å²) in [7, 11) is 0. The Labute approximate surface area is 333 Å². The van der Waals surface area contributed by atoms with Crippen LogP contribution in [0.2, 0.25) is 0 Å². The molecule has 17 N–H and O–H groups in total. The highest BCUT2D eigenvalue weighted by atomic mass is 16.8. The molecule has 0 aromatic heterocycles. The maximum atomic E-state index is 11.8. The normalized spacial score (nSPS) is 51.0. The molecule has 5 aliphatic heterocycles. The van der Waals surface area contributed by atoms with Crippen molar-refractivity contribution in [1.82, 2.24) is 5.32 Å². The molecule has 27 nitrogen and oxygen atoms in total. The zero-order valence-electron chi connectivity index (χ0n) is 31.2. The summed E-state index contributed by atoms with van der Waals surface area (Å²) >= 11 is 0. The Balaban J connectivity index is 1.38. The molecular formula is C32H55NO26. The average molecular weight is 870 g/mol. The van der Waals surface area contributed by atoms with Gasteiger partial charge in [0, 0.05) is 6.92 Å². The molecule has 5 saturated heterocycles. The molecule has 5 rings (SSSR count). The fourth-order valence-electron chi connectivity index (χ4n) is 7.32. The lowest BCUT2D eigenvalue weighted by Crippen LogP contribution is -2.68. The highest BCUT2D eigenvalue weighted by Crippen LogP contribution is 2.34. The molecule has 5 fully saturated rings. The molecule has 0 aliphatic carbocycles. The van der Waals surface area contributed by atoms with Gasteiger partial charge in [0.05, 0.1) is 33.0 Å². The summed E-state index contributed by atoms with van der Waals surface area (Å²) in [5.74, 6) is -0.718. The molecular weight excluding hydrogens is 814 g/mol. The molecule has 0 saturated carbocycles. The number of nitrogens with one attached hydrogen (secondary N) is 1. The smallest absolute Gasteiger partial charge is 0.217 e. The van der Waals surface area contributed by atoms with Crippen LogP contribution in [0.25, 0.3) is 0 Å². The van der Waals surface area contributed by atoms with Crippen LogP contribution >= 0.6 is 0 Å². The first-order valence-electron chi connectivity index (χ1n) is 18.6. The number of hydrogen-bond acceptors (Lipinski definition) is 26. The van der Waals surface area contributed by atoms with Crippen LogP contribution in [-0.4, -0.2) is 274 Å². The van der Waals surface area contributed by atoms with Gasteiger partial charge in [-0.1, -0.05) is 0 Å². The number of rotatable bonds is 14. The van der Waals surface area contributed by atoms with E-state index in [1.54, 1.807) is 0 Å². The van der Waals surface area contributed by atoms with E-state index in [2.05, 4.69) is 5.32 Å². The molecule has 0 aromatic carbocycles. The molecule has 0 spiro atoms. The largest absolute Gasteiger partial charge is 0.394 e. The van der Waals surface area contributed by atoms with Crippen LogP contribution in [0.1, 0.15) is 6.92 Å². The van der Waals surface area contributed by atoms with Crippen LogP contribution < -0.4 is 5.32 Å². The van der Waals surface area contributed by atoms with Crippen molar-refractivity contribution in [2.45, 2.75) is 160 Å². The summed E-state index contributed by atoms with van der Waals surface area (Å²) in [6.07, 6.45) is -44.5. The van der Waals surface area contributed by atoms with Crippen LogP contribution in [0, 0.1) is 0 Å². The first-order valence-corrected chi connectivity index (χ1v) is 18.6. The van der Waals surface area contributed by atoms with E-state index in [0.29, 0.717) is 0 Å². The van der Waals surface area contributed by atoms with Gasteiger partial charge in [0.15, 0.2) is 31.5 Å².